The predicted octanol–water partition coefficient (Wildman–Crippen LogP) is 2.72. The van der Waals surface area contributed by atoms with Crippen molar-refractivity contribution in [3.05, 3.63) is 18.3 Å². The third-order valence-electron chi connectivity index (χ3n) is 3.29. The summed E-state index contributed by atoms with van der Waals surface area (Å²) in [5, 5.41) is 0. The number of fused-ring (bicyclic) bond motifs is 1. The van der Waals surface area contributed by atoms with Gasteiger partial charge in [0.25, 0.3) is 0 Å². The molecule has 0 aliphatic heterocycles. The van der Waals surface area contributed by atoms with Crippen LogP contribution in [0.4, 0.5) is 0 Å². The molecular formula is C14H22N4O. The van der Waals surface area contributed by atoms with Crippen molar-refractivity contribution in [2.75, 3.05) is 13.7 Å². The second-order valence-electron chi connectivity index (χ2n) is 5.81. The van der Waals surface area contributed by atoms with E-state index in [1.807, 2.05) is 6.33 Å². The smallest absolute Gasteiger partial charge is 0.163 e. The van der Waals surface area contributed by atoms with Gasteiger partial charge in [0, 0.05) is 12.5 Å². The molecule has 0 saturated carbocycles. The van der Waals surface area contributed by atoms with Crippen LogP contribution in [0.3, 0.4) is 0 Å². The van der Waals surface area contributed by atoms with Gasteiger partial charge in [0.2, 0.25) is 0 Å². The first kappa shape index (κ1) is 13.9. The van der Waals surface area contributed by atoms with Gasteiger partial charge in [-0.2, -0.15) is 0 Å². The molecule has 2 heterocycles. The van der Waals surface area contributed by atoms with Gasteiger partial charge < -0.3 is 9.30 Å². The molecule has 104 valence electrons. The maximum Gasteiger partial charge on any atom is 0.163 e. The number of methoxy groups -OCH3 is 1. The quantitative estimate of drug-likeness (QED) is 0.850. The largest absolute Gasteiger partial charge is 0.383 e. The van der Waals surface area contributed by atoms with Crippen LogP contribution in [0.25, 0.3) is 11.2 Å². The van der Waals surface area contributed by atoms with E-state index in [9.17, 15) is 0 Å². The summed E-state index contributed by atoms with van der Waals surface area (Å²) in [7, 11) is 1.72. The number of aromatic nitrogens is 4. The molecule has 0 fully saturated rings. The number of hydrogen-bond donors (Lipinski definition) is 0. The topological polar surface area (TPSA) is 52.8 Å². The third kappa shape index (κ3) is 2.61. The minimum absolute atomic E-state index is 0.0384. The Bertz CT molecular complexity index is 556. The predicted molar refractivity (Wildman–Crippen MR) is 75.2 cm³/mol. The van der Waals surface area contributed by atoms with E-state index in [-0.39, 0.29) is 11.5 Å². The molecule has 0 amide bonds. The molecule has 2 aromatic rings. The van der Waals surface area contributed by atoms with Crippen molar-refractivity contribution in [1.29, 1.82) is 0 Å². The lowest BCUT2D eigenvalue weighted by Crippen LogP contribution is -2.16. The van der Waals surface area contributed by atoms with E-state index in [0.29, 0.717) is 6.61 Å². The Hall–Kier alpha value is -1.49. The molecule has 0 saturated heterocycles. The van der Waals surface area contributed by atoms with E-state index >= 15 is 0 Å². The van der Waals surface area contributed by atoms with E-state index in [1.165, 1.54) is 0 Å². The molecule has 0 aliphatic carbocycles. The number of imidazole rings is 1. The minimum atomic E-state index is -0.0384. The number of ether oxygens (including phenoxy) is 1. The molecule has 1 unspecified atom stereocenters. The van der Waals surface area contributed by atoms with E-state index < -0.39 is 0 Å². The average Bonchev–Trinajstić information content (AvgIpc) is 2.78. The zero-order valence-electron chi connectivity index (χ0n) is 12.3. The van der Waals surface area contributed by atoms with Gasteiger partial charge in [-0.1, -0.05) is 27.7 Å². The Morgan fingerprint density at radius 2 is 2.00 bits per heavy atom. The maximum absolute atomic E-state index is 5.27. The lowest BCUT2D eigenvalue weighted by Gasteiger charge is -2.19. The highest BCUT2D eigenvalue weighted by molar-refractivity contribution is 5.74. The van der Waals surface area contributed by atoms with Crippen molar-refractivity contribution >= 4 is 11.2 Å². The maximum atomic E-state index is 5.27. The fourth-order valence-electron chi connectivity index (χ4n) is 2.26. The van der Waals surface area contributed by atoms with Gasteiger partial charge in [0.1, 0.15) is 11.8 Å². The first-order valence-corrected chi connectivity index (χ1v) is 6.66. The van der Waals surface area contributed by atoms with Crippen LogP contribution < -0.4 is 0 Å². The summed E-state index contributed by atoms with van der Waals surface area (Å²) >= 11 is 0. The standard InChI is InChI=1S/C14H22N4O/c1-6-10(7-19-5)18-9-17-11-12(14(2,3)4)15-8-16-13(11)18/h8-10H,6-7H2,1-5H3. The van der Waals surface area contributed by atoms with Crippen LogP contribution >= 0.6 is 0 Å². The molecule has 0 N–H and O–H groups in total. The van der Waals surface area contributed by atoms with Gasteiger partial charge in [-0.15, -0.1) is 0 Å². The number of nitrogens with zero attached hydrogens (tertiary/aromatic N) is 4. The van der Waals surface area contributed by atoms with Crippen LogP contribution in [0.5, 0.6) is 0 Å². The zero-order valence-corrected chi connectivity index (χ0v) is 12.3. The highest BCUT2D eigenvalue weighted by atomic mass is 16.5. The molecule has 2 rings (SSSR count). The second kappa shape index (κ2) is 5.25. The molecule has 5 heteroatoms. The molecule has 5 nitrogen and oxygen atoms in total. The Balaban J connectivity index is 2.55. The van der Waals surface area contributed by atoms with Crippen molar-refractivity contribution in [2.24, 2.45) is 0 Å². The van der Waals surface area contributed by atoms with Crippen LogP contribution in [-0.2, 0) is 10.2 Å². The van der Waals surface area contributed by atoms with Crippen molar-refractivity contribution in [3.8, 4) is 0 Å². The summed E-state index contributed by atoms with van der Waals surface area (Å²) in [6.45, 7) is 9.22. The molecular weight excluding hydrogens is 240 g/mol. The summed E-state index contributed by atoms with van der Waals surface area (Å²) in [4.78, 5) is 13.3. The van der Waals surface area contributed by atoms with Gasteiger partial charge in [-0.05, 0) is 6.42 Å². The lowest BCUT2D eigenvalue weighted by molar-refractivity contribution is 0.154. The average molecular weight is 262 g/mol. The molecule has 1 atom stereocenters. The van der Waals surface area contributed by atoms with Gasteiger partial charge in [-0.3, -0.25) is 0 Å². The molecule has 0 aliphatic rings. The summed E-state index contributed by atoms with van der Waals surface area (Å²) in [5.74, 6) is 0. The normalized spacial score (nSPS) is 13.9. The summed E-state index contributed by atoms with van der Waals surface area (Å²) in [5.41, 5.74) is 2.74. The molecule has 0 radical (unpaired) electrons. The summed E-state index contributed by atoms with van der Waals surface area (Å²) < 4.78 is 7.37. The van der Waals surface area contributed by atoms with Crippen molar-refractivity contribution in [1.82, 2.24) is 19.5 Å². The molecule has 19 heavy (non-hydrogen) atoms. The van der Waals surface area contributed by atoms with E-state index in [4.69, 9.17) is 4.74 Å². The Morgan fingerprint density at radius 3 is 2.58 bits per heavy atom. The fourth-order valence-corrected chi connectivity index (χ4v) is 2.26. The van der Waals surface area contributed by atoms with Gasteiger partial charge in [-0.25, -0.2) is 15.0 Å². The van der Waals surface area contributed by atoms with E-state index in [0.717, 1.165) is 23.3 Å². The van der Waals surface area contributed by atoms with Crippen molar-refractivity contribution in [2.45, 2.75) is 45.6 Å². The number of rotatable bonds is 4. The zero-order chi connectivity index (χ0) is 14.0. The van der Waals surface area contributed by atoms with Crippen LogP contribution in [0, 0.1) is 0 Å². The van der Waals surface area contributed by atoms with E-state index in [2.05, 4.69) is 47.2 Å². The summed E-state index contributed by atoms with van der Waals surface area (Å²) in [6.07, 6.45) is 4.45. The van der Waals surface area contributed by atoms with Gasteiger partial charge in [0.15, 0.2) is 5.65 Å². The van der Waals surface area contributed by atoms with Crippen LogP contribution in [0.1, 0.15) is 45.9 Å². The second-order valence-corrected chi connectivity index (χ2v) is 5.81. The third-order valence-corrected chi connectivity index (χ3v) is 3.29. The van der Waals surface area contributed by atoms with Gasteiger partial charge in [0.05, 0.1) is 24.7 Å². The minimum Gasteiger partial charge on any atom is -0.383 e. The molecule has 0 spiro atoms. The fraction of sp³-hybridized carbons (Fsp3) is 0.643. The first-order valence-electron chi connectivity index (χ1n) is 6.66. The monoisotopic (exact) mass is 262 g/mol. The lowest BCUT2D eigenvalue weighted by atomic mass is 9.91. The van der Waals surface area contributed by atoms with Crippen LogP contribution in [0.2, 0.25) is 0 Å². The Labute approximate surface area is 114 Å². The Kier molecular flexibility index (Phi) is 3.85. The summed E-state index contributed by atoms with van der Waals surface area (Å²) in [6, 6.07) is 0.262. The highest BCUT2D eigenvalue weighted by Crippen LogP contribution is 2.27. The molecule has 2 aromatic heterocycles. The first-order chi connectivity index (χ1) is 8.99. The molecule has 0 aromatic carbocycles. The van der Waals surface area contributed by atoms with Gasteiger partial charge >= 0.3 is 0 Å². The number of hydrogen-bond acceptors (Lipinski definition) is 4. The Morgan fingerprint density at radius 1 is 1.26 bits per heavy atom. The van der Waals surface area contributed by atoms with Crippen LogP contribution in [0.15, 0.2) is 12.7 Å². The van der Waals surface area contributed by atoms with Crippen molar-refractivity contribution in [3.63, 3.8) is 0 Å². The highest BCUT2D eigenvalue weighted by Gasteiger charge is 2.23. The van der Waals surface area contributed by atoms with Crippen molar-refractivity contribution < 1.29 is 4.74 Å². The molecule has 0 bridgehead atoms. The van der Waals surface area contributed by atoms with Crippen LogP contribution in [-0.4, -0.2) is 33.2 Å². The SMILES string of the molecule is CCC(COC)n1cnc2c(C(C)(C)C)ncnc21. The van der Waals surface area contributed by atoms with E-state index in [1.54, 1.807) is 13.4 Å².